The van der Waals surface area contributed by atoms with Crippen LogP contribution in [-0.2, 0) is 9.53 Å². The van der Waals surface area contributed by atoms with Gasteiger partial charge in [0, 0.05) is 7.05 Å². The van der Waals surface area contributed by atoms with Crippen LogP contribution in [0.15, 0.2) is 16.5 Å². The fourth-order valence-corrected chi connectivity index (χ4v) is 2.51. The van der Waals surface area contributed by atoms with E-state index in [1.807, 2.05) is 14.0 Å². The van der Waals surface area contributed by atoms with Crippen molar-refractivity contribution in [1.29, 1.82) is 0 Å². The van der Waals surface area contributed by atoms with Gasteiger partial charge in [0.05, 0.1) is 26.4 Å². The van der Waals surface area contributed by atoms with E-state index < -0.39 is 6.10 Å². The summed E-state index contributed by atoms with van der Waals surface area (Å²) in [6, 6.07) is 0. The molecule has 2 heterocycles. The van der Waals surface area contributed by atoms with Crippen molar-refractivity contribution in [3.63, 3.8) is 0 Å². The van der Waals surface area contributed by atoms with E-state index >= 15 is 0 Å². The zero-order valence-corrected chi connectivity index (χ0v) is 15.5. The van der Waals surface area contributed by atoms with Gasteiger partial charge < -0.3 is 54.5 Å². The van der Waals surface area contributed by atoms with E-state index in [-0.39, 0.29) is 55.8 Å². The van der Waals surface area contributed by atoms with Gasteiger partial charge in [0.15, 0.2) is 11.5 Å². The quantitative estimate of drug-likeness (QED) is 0.291. The predicted octanol–water partition coefficient (Wildman–Crippen LogP) is -6.16. The molecule has 0 saturated carbocycles. The summed E-state index contributed by atoms with van der Waals surface area (Å²) in [6.07, 6.45) is 0.170. The number of hydrogen-bond donors (Lipinski definition) is 4. The van der Waals surface area contributed by atoms with Crippen molar-refractivity contribution in [1.82, 2.24) is 9.80 Å². The third kappa shape index (κ3) is 4.12. The van der Waals surface area contributed by atoms with E-state index in [0.717, 1.165) is 6.42 Å². The number of nitrogens with zero attached hydrogens (tertiary/aromatic N) is 3. The Hall–Kier alpha value is -0.950. The van der Waals surface area contributed by atoms with Crippen LogP contribution in [-0.4, -0.2) is 78.2 Å². The van der Waals surface area contributed by atoms with Gasteiger partial charge in [-0.3, -0.25) is 0 Å². The molecule has 0 radical (unpaired) electrons. The van der Waals surface area contributed by atoms with Crippen molar-refractivity contribution in [2.75, 3.05) is 40.2 Å². The lowest BCUT2D eigenvalue weighted by molar-refractivity contribution is -0.721. The molecule has 9 nitrogen and oxygen atoms in total. The Balaban J connectivity index is 0.00000264. The number of carbonyl (C=O) groups is 1. The minimum absolute atomic E-state index is 0. The molecule has 0 bridgehead atoms. The van der Waals surface area contributed by atoms with Gasteiger partial charge in [0.2, 0.25) is 0 Å². The number of amides is 1. The van der Waals surface area contributed by atoms with E-state index in [2.05, 4.69) is 4.99 Å². The summed E-state index contributed by atoms with van der Waals surface area (Å²) in [5, 5.41) is 18.1. The highest BCUT2D eigenvalue weighted by atomic mass is 127. The van der Waals surface area contributed by atoms with Crippen LogP contribution in [0.3, 0.4) is 0 Å². The van der Waals surface area contributed by atoms with E-state index in [1.54, 1.807) is 9.80 Å². The van der Waals surface area contributed by atoms with Gasteiger partial charge in [0.25, 0.3) is 0 Å². The number of nitrogens with two attached hydrogens (primary N) is 1. The second-order valence-electron chi connectivity index (χ2n) is 5.39. The lowest BCUT2D eigenvalue weighted by Crippen LogP contribution is -3.19. The van der Waals surface area contributed by atoms with Crippen LogP contribution in [0.25, 0.3) is 0 Å². The maximum Gasteiger partial charge on any atom is 0.371 e. The van der Waals surface area contributed by atoms with Crippen molar-refractivity contribution >= 4 is 11.9 Å². The maximum atomic E-state index is 12.6. The Kier molecular flexibility index (Phi) is 7.67. The van der Waals surface area contributed by atoms with Crippen molar-refractivity contribution in [2.45, 2.75) is 19.4 Å². The molecule has 0 aliphatic carbocycles. The molecule has 10 heteroatoms. The molecule has 0 aromatic heterocycles. The lowest BCUT2D eigenvalue weighted by Gasteiger charge is -2.23. The Morgan fingerprint density at radius 1 is 1.43 bits per heavy atom. The third-order valence-corrected chi connectivity index (χ3v) is 3.67. The summed E-state index contributed by atoms with van der Waals surface area (Å²) < 4.78 is 5.40. The van der Waals surface area contributed by atoms with Gasteiger partial charge in [-0.2, -0.15) is 4.99 Å². The van der Waals surface area contributed by atoms with Crippen LogP contribution < -0.4 is 34.6 Å². The van der Waals surface area contributed by atoms with Crippen LogP contribution in [0, 0.1) is 0 Å². The number of halogens is 1. The fourth-order valence-electron chi connectivity index (χ4n) is 2.51. The first-order chi connectivity index (χ1) is 10.5. The monoisotopic (exact) mass is 441 g/mol. The van der Waals surface area contributed by atoms with E-state index in [1.165, 1.54) is 0 Å². The number of hydrogen-bond acceptors (Lipinski definition) is 8. The summed E-state index contributed by atoms with van der Waals surface area (Å²) in [5.41, 5.74) is 6.44. The SMILES string of the molecule is CCC[NH+]1C(=O)C2=C(N=C1N)N(COC(CO)CO)CN2C.[I-]. The standard InChI is InChI=1S/C13H23N5O4.HI/c1-3-4-18-12(21)10-11(15-13(18)14)17(7-16(10)2)8-22-9(5-19)6-20;/h9,19-20H,3-8H2,1-2H3,(H2,14,15);1H. The summed E-state index contributed by atoms with van der Waals surface area (Å²) >= 11 is 0. The largest absolute Gasteiger partial charge is 1.00 e. The molecule has 0 saturated heterocycles. The van der Waals surface area contributed by atoms with Crippen LogP contribution in [0.4, 0.5) is 0 Å². The zero-order valence-electron chi connectivity index (χ0n) is 13.3. The van der Waals surface area contributed by atoms with Crippen LogP contribution in [0.2, 0.25) is 0 Å². The zero-order chi connectivity index (χ0) is 16.3. The second-order valence-corrected chi connectivity index (χ2v) is 5.39. The van der Waals surface area contributed by atoms with Gasteiger partial charge in [-0.15, -0.1) is 0 Å². The third-order valence-electron chi connectivity index (χ3n) is 3.67. The fraction of sp³-hybridized carbons (Fsp3) is 0.692. The Morgan fingerprint density at radius 3 is 2.65 bits per heavy atom. The Bertz CT molecular complexity index is 495. The highest BCUT2D eigenvalue weighted by Crippen LogP contribution is 2.24. The molecule has 1 amide bonds. The number of ether oxygens (including phenoxy) is 1. The van der Waals surface area contributed by atoms with E-state index in [0.29, 0.717) is 29.6 Å². The Morgan fingerprint density at radius 2 is 2.09 bits per heavy atom. The van der Waals surface area contributed by atoms with Crippen molar-refractivity contribution in [3.05, 3.63) is 11.5 Å². The smallest absolute Gasteiger partial charge is 0.371 e. The predicted molar refractivity (Wildman–Crippen MR) is 78.2 cm³/mol. The van der Waals surface area contributed by atoms with Crippen molar-refractivity contribution in [2.24, 2.45) is 10.7 Å². The molecule has 0 aromatic rings. The van der Waals surface area contributed by atoms with Crippen LogP contribution in [0.5, 0.6) is 0 Å². The molecule has 1 unspecified atom stereocenters. The van der Waals surface area contributed by atoms with Gasteiger partial charge in [-0.1, -0.05) is 6.92 Å². The summed E-state index contributed by atoms with van der Waals surface area (Å²) in [6.45, 7) is 2.60. The molecule has 2 aliphatic heterocycles. The Labute approximate surface area is 152 Å². The minimum Gasteiger partial charge on any atom is -1.00 e. The molecule has 0 spiro atoms. The first kappa shape index (κ1) is 20.1. The average Bonchev–Trinajstić information content (AvgIpc) is 2.80. The molecular weight excluding hydrogens is 417 g/mol. The van der Waals surface area contributed by atoms with E-state index in [9.17, 15) is 4.79 Å². The number of aliphatic hydroxyl groups is 2. The molecule has 5 N–H and O–H groups in total. The lowest BCUT2D eigenvalue weighted by atomic mass is 10.3. The molecule has 0 aromatic carbocycles. The minimum atomic E-state index is -0.655. The molecule has 0 fully saturated rings. The summed E-state index contributed by atoms with van der Waals surface area (Å²) in [7, 11) is 1.81. The highest BCUT2D eigenvalue weighted by molar-refractivity contribution is 5.96. The first-order valence-corrected chi connectivity index (χ1v) is 7.32. The molecule has 23 heavy (non-hydrogen) atoms. The summed E-state index contributed by atoms with van der Waals surface area (Å²) in [4.78, 5) is 21.0. The average molecular weight is 441 g/mol. The normalized spacial score (nSPS) is 20.8. The summed E-state index contributed by atoms with van der Waals surface area (Å²) in [5.74, 6) is 0.654. The second kappa shape index (κ2) is 8.78. The highest BCUT2D eigenvalue weighted by Gasteiger charge is 2.42. The number of nitrogens with one attached hydrogen (secondary N) is 1. The maximum absolute atomic E-state index is 12.6. The number of likely N-dealkylation sites (N-methyl/N-ethyl adjacent to an activating group) is 1. The molecular formula is C13H24IN5O4. The first-order valence-electron chi connectivity index (χ1n) is 7.32. The van der Waals surface area contributed by atoms with E-state index in [4.69, 9.17) is 20.7 Å². The van der Waals surface area contributed by atoms with Crippen LogP contribution in [0.1, 0.15) is 13.3 Å². The molecule has 1 atom stereocenters. The van der Waals surface area contributed by atoms with Crippen LogP contribution >= 0.6 is 0 Å². The van der Waals surface area contributed by atoms with Gasteiger partial charge >= 0.3 is 11.9 Å². The van der Waals surface area contributed by atoms with Gasteiger partial charge in [-0.25, -0.2) is 9.69 Å². The molecule has 2 rings (SSSR count). The van der Waals surface area contributed by atoms with Gasteiger partial charge in [0.1, 0.15) is 12.8 Å². The number of aliphatic hydroxyl groups excluding tert-OH is 2. The molecule has 132 valence electrons. The number of aliphatic imine (C=N–C) groups is 1. The number of carbonyl (C=O) groups excluding carboxylic acids is 1. The topological polar surface area (TPSA) is 116 Å². The van der Waals surface area contributed by atoms with Crippen molar-refractivity contribution in [3.8, 4) is 0 Å². The number of rotatable bonds is 7. The van der Waals surface area contributed by atoms with Gasteiger partial charge in [-0.05, 0) is 6.42 Å². The number of quaternary nitrogens is 1. The number of guanidine groups is 1. The van der Waals surface area contributed by atoms with Crippen molar-refractivity contribution < 1.29 is 48.6 Å². The molecule has 2 aliphatic rings.